The Hall–Kier alpha value is -4.20. The van der Waals surface area contributed by atoms with E-state index in [1.165, 1.54) is 29.2 Å². The average Bonchev–Trinajstić information content (AvgIpc) is 3.32. The van der Waals surface area contributed by atoms with Crippen molar-refractivity contribution >= 4 is 35.6 Å². The maximum absolute atomic E-state index is 13.0. The van der Waals surface area contributed by atoms with Crippen molar-refractivity contribution in [2.75, 3.05) is 6.54 Å². The van der Waals surface area contributed by atoms with Gasteiger partial charge in [-0.1, -0.05) is 12.1 Å². The third-order valence-electron chi connectivity index (χ3n) is 5.85. The predicted molar refractivity (Wildman–Crippen MR) is 127 cm³/mol. The van der Waals surface area contributed by atoms with Gasteiger partial charge in [0, 0.05) is 19.4 Å². The van der Waals surface area contributed by atoms with E-state index in [-0.39, 0.29) is 38.0 Å². The summed E-state index contributed by atoms with van der Waals surface area (Å²) in [6.45, 7) is 0.193. The Kier molecular flexibility index (Phi) is 10.4. The fourth-order valence-corrected chi connectivity index (χ4v) is 3.94. The van der Waals surface area contributed by atoms with E-state index in [2.05, 4.69) is 10.6 Å². The minimum absolute atomic E-state index is 0.0221. The van der Waals surface area contributed by atoms with Gasteiger partial charge in [-0.25, -0.2) is 4.79 Å². The molecule has 0 bridgehead atoms. The SMILES string of the molecule is NC(=O)CC(NC(=O)C1CCCN1C(=O)C(N)CCC(=O)O)C(=O)NC(Cc1ccc(O)cc1)C(=O)O. The predicted octanol–water partition coefficient (Wildman–Crippen LogP) is -1.95. The number of primary amides is 1. The van der Waals surface area contributed by atoms with E-state index in [0.29, 0.717) is 12.0 Å². The molecule has 0 radical (unpaired) electrons. The van der Waals surface area contributed by atoms with Crippen LogP contribution in [0.2, 0.25) is 0 Å². The van der Waals surface area contributed by atoms with Crippen molar-refractivity contribution < 1.29 is 44.1 Å². The second-order valence-electron chi connectivity index (χ2n) is 8.73. The molecule has 1 aliphatic rings. The maximum atomic E-state index is 13.0. The highest BCUT2D eigenvalue weighted by atomic mass is 16.4. The highest BCUT2D eigenvalue weighted by molar-refractivity contribution is 5.96. The van der Waals surface area contributed by atoms with Gasteiger partial charge in [-0.3, -0.25) is 24.0 Å². The van der Waals surface area contributed by atoms with Crippen LogP contribution in [-0.2, 0) is 35.2 Å². The second kappa shape index (κ2) is 13.2. The summed E-state index contributed by atoms with van der Waals surface area (Å²) in [7, 11) is 0. The van der Waals surface area contributed by atoms with Gasteiger partial charge in [-0.05, 0) is 37.0 Å². The molecule has 1 fully saturated rings. The van der Waals surface area contributed by atoms with E-state index in [1.807, 2.05) is 0 Å². The van der Waals surface area contributed by atoms with E-state index >= 15 is 0 Å². The first-order valence-electron chi connectivity index (χ1n) is 11.6. The van der Waals surface area contributed by atoms with Gasteiger partial charge in [0.15, 0.2) is 0 Å². The molecule has 2 rings (SSSR count). The lowest BCUT2D eigenvalue weighted by atomic mass is 10.0. The Morgan fingerprint density at radius 1 is 1.03 bits per heavy atom. The van der Waals surface area contributed by atoms with Gasteiger partial charge in [0.1, 0.15) is 23.9 Å². The number of nitrogens with zero attached hydrogens (tertiary/aromatic N) is 1. The maximum Gasteiger partial charge on any atom is 0.326 e. The monoisotopic (exact) mass is 521 g/mol. The van der Waals surface area contributed by atoms with Crippen molar-refractivity contribution in [3.63, 3.8) is 0 Å². The van der Waals surface area contributed by atoms with Crippen molar-refractivity contribution in [3.8, 4) is 5.75 Å². The molecule has 1 aliphatic heterocycles. The third kappa shape index (κ3) is 8.75. The molecule has 4 amide bonds. The molecule has 0 aliphatic carbocycles. The number of hydrogen-bond donors (Lipinski definition) is 7. The van der Waals surface area contributed by atoms with Crippen LogP contribution in [0.3, 0.4) is 0 Å². The normalized spacial score (nSPS) is 17.3. The molecule has 1 heterocycles. The van der Waals surface area contributed by atoms with Crippen LogP contribution in [0.1, 0.15) is 37.7 Å². The summed E-state index contributed by atoms with van der Waals surface area (Å²) >= 11 is 0. The Labute approximate surface area is 212 Å². The molecule has 1 aromatic rings. The number of benzene rings is 1. The summed E-state index contributed by atoms with van der Waals surface area (Å²) < 4.78 is 0. The number of nitrogens with one attached hydrogen (secondary N) is 2. The zero-order chi connectivity index (χ0) is 27.7. The lowest BCUT2D eigenvalue weighted by Gasteiger charge is -2.28. The van der Waals surface area contributed by atoms with E-state index in [9.17, 15) is 39.0 Å². The van der Waals surface area contributed by atoms with Crippen LogP contribution >= 0.6 is 0 Å². The molecule has 1 aromatic carbocycles. The molecule has 0 saturated carbocycles. The highest BCUT2D eigenvalue weighted by Crippen LogP contribution is 2.20. The van der Waals surface area contributed by atoms with Gasteiger partial charge in [0.05, 0.1) is 12.5 Å². The summed E-state index contributed by atoms with van der Waals surface area (Å²) in [6.07, 6.45) is -0.515. The van der Waals surface area contributed by atoms with Gasteiger partial charge in [0.2, 0.25) is 23.6 Å². The molecular weight excluding hydrogens is 490 g/mol. The van der Waals surface area contributed by atoms with Crippen molar-refractivity contribution in [1.82, 2.24) is 15.5 Å². The number of hydrogen-bond acceptors (Lipinski definition) is 8. The fourth-order valence-electron chi connectivity index (χ4n) is 3.94. The summed E-state index contributed by atoms with van der Waals surface area (Å²) in [4.78, 5) is 73.8. The van der Waals surface area contributed by atoms with Gasteiger partial charge >= 0.3 is 11.9 Å². The fraction of sp³-hybridized carbons (Fsp3) is 0.478. The molecular formula is C23H31N5O9. The Bertz CT molecular complexity index is 1030. The Morgan fingerprint density at radius 3 is 2.24 bits per heavy atom. The van der Waals surface area contributed by atoms with Crippen LogP contribution in [-0.4, -0.2) is 86.5 Å². The first kappa shape index (κ1) is 29.0. The Balaban J connectivity index is 2.10. The molecule has 202 valence electrons. The third-order valence-corrected chi connectivity index (χ3v) is 5.85. The molecule has 37 heavy (non-hydrogen) atoms. The first-order valence-corrected chi connectivity index (χ1v) is 11.6. The van der Waals surface area contributed by atoms with Gasteiger partial charge in [-0.15, -0.1) is 0 Å². The molecule has 0 spiro atoms. The summed E-state index contributed by atoms with van der Waals surface area (Å²) in [5.74, 6) is -5.78. The minimum atomic E-state index is -1.51. The summed E-state index contributed by atoms with van der Waals surface area (Å²) in [6, 6.07) is 0.596. The largest absolute Gasteiger partial charge is 0.508 e. The molecule has 4 unspecified atom stereocenters. The number of carbonyl (C=O) groups is 6. The summed E-state index contributed by atoms with van der Waals surface area (Å²) in [5.41, 5.74) is 11.5. The van der Waals surface area contributed by atoms with Crippen LogP contribution in [0.15, 0.2) is 24.3 Å². The van der Waals surface area contributed by atoms with E-state index in [0.717, 1.165) is 0 Å². The Morgan fingerprint density at radius 2 is 1.68 bits per heavy atom. The molecule has 4 atom stereocenters. The van der Waals surface area contributed by atoms with Crippen molar-refractivity contribution in [2.45, 2.75) is 62.7 Å². The lowest BCUT2D eigenvalue weighted by molar-refractivity contribution is -0.143. The van der Waals surface area contributed by atoms with Crippen LogP contribution in [0, 0.1) is 0 Å². The number of amides is 4. The number of carboxylic acid groups (broad SMARTS) is 2. The number of aliphatic carboxylic acids is 2. The zero-order valence-corrected chi connectivity index (χ0v) is 20.0. The number of phenols is 1. The topological polar surface area (TPSA) is 242 Å². The van der Waals surface area contributed by atoms with Crippen LogP contribution in [0.5, 0.6) is 5.75 Å². The van der Waals surface area contributed by atoms with Crippen molar-refractivity contribution in [2.24, 2.45) is 11.5 Å². The molecule has 9 N–H and O–H groups in total. The van der Waals surface area contributed by atoms with E-state index < -0.39 is 66.2 Å². The van der Waals surface area contributed by atoms with Gasteiger partial charge < -0.3 is 42.3 Å². The van der Waals surface area contributed by atoms with Crippen molar-refractivity contribution in [1.29, 1.82) is 0 Å². The zero-order valence-electron chi connectivity index (χ0n) is 20.0. The van der Waals surface area contributed by atoms with Crippen molar-refractivity contribution in [3.05, 3.63) is 29.8 Å². The number of aromatic hydroxyl groups is 1. The quantitative estimate of drug-likeness (QED) is 0.151. The lowest BCUT2D eigenvalue weighted by Crippen LogP contribution is -2.57. The molecule has 0 aromatic heterocycles. The van der Waals surface area contributed by atoms with E-state index in [1.54, 1.807) is 0 Å². The number of likely N-dealkylation sites (tertiary alicyclic amines) is 1. The molecule has 14 nitrogen and oxygen atoms in total. The minimum Gasteiger partial charge on any atom is -0.508 e. The summed E-state index contributed by atoms with van der Waals surface area (Å²) in [5, 5.41) is 32.4. The standard InChI is InChI=1S/C23H31N5O9/c24-14(7-8-19(31)32)22(35)28-9-1-2-17(28)21(34)26-15(11-18(25)30)20(33)27-16(23(36)37)10-12-3-5-13(29)6-4-12/h3-6,14-17,29H,1-2,7-11,24H2,(H2,25,30)(H,26,34)(H,27,33)(H,31,32)(H,36,37). The number of nitrogens with two attached hydrogens (primary N) is 2. The van der Waals surface area contributed by atoms with Crippen LogP contribution in [0.25, 0.3) is 0 Å². The molecule has 14 heteroatoms. The van der Waals surface area contributed by atoms with E-state index in [4.69, 9.17) is 16.6 Å². The van der Waals surface area contributed by atoms with Gasteiger partial charge in [0.25, 0.3) is 0 Å². The van der Waals surface area contributed by atoms with Gasteiger partial charge in [-0.2, -0.15) is 0 Å². The number of carboxylic acids is 2. The van der Waals surface area contributed by atoms with Crippen LogP contribution < -0.4 is 22.1 Å². The second-order valence-corrected chi connectivity index (χ2v) is 8.73. The number of carbonyl (C=O) groups excluding carboxylic acids is 4. The smallest absolute Gasteiger partial charge is 0.326 e. The highest BCUT2D eigenvalue weighted by Gasteiger charge is 2.38. The average molecular weight is 522 g/mol. The van der Waals surface area contributed by atoms with Crippen LogP contribution in [0.4, 0.5) is 0 Å². The first-order chi connectivity index (χ1) is 17.4. The number of rotatable bonds is 13. The molecule has 1 saturated heterocycles. The number of phenolic OH excluding ortho intramolecular Hbond substituents is 1.